The van der Waals surface area contributed by atoms with E-state index in [9.17, 15) is 0 Å². The Labute approximate surface area is 108 Å². The van der Waals surface area contributed by atoms with E-state index in [-0.39, 0.29) is 5.28 Å². The Morgan fingerprint density at radius 3 is 2.29 bits per heavy atom. The first-order valence-electron chi connectivity index (χ1n) is 5.67. The number of aliphatic hydroxyl groups is 1. The van der Waals surface area contributed by atoms with Crippen LogP contribution in [-0.4, -0.2) is 28.3 Å². The molecule has 0 spiro atoms. The Kier molecular flexibility index (Phi) is 8.72. The van der Waals surface area contributed by atoms with Gasteiger partial charge in [0.1, 0.15) is 0 Å². The summed E-state index contributed by atoms with van der Waals surface area (Å²) >= 11 is 5.56. The van der Waals surface area contributed by atoms with Crippen molar-refractivity contribution >= 4 is 11.6 Å². The molecule has 1 rings (SSSR count). The molecular weight excluding hydrogens is 240 g/mol. The van der Waals surface area contributed by atoms with E-state index in [1.54, 1.807) is 12.3 Å². The topological polar surface area (TPSA) is 55.2 Å². The Morgan fingerprint density at radius 2 is 1.88 bits per heavy atom. The molecule has 0 aliphatic heterocycles. The number of aliphatic hydroxyl groups excluding tert-OH is 1. The van der Waals surface area contributed by atoms with E-state index in [0.29, 0.717) is 30.9 Å². The molecule has 1 N–H and O–H groups in total. The highest BCUT2D eigenvalue weighted by Crippen LogP contribution is 2.09. The molecule has 0 aromatic carbocycles. The van der Waals surface area contributed by atoms with E-state index in [0.717, 1.165) is 0 Å². The zero-order valence-corrected chi connectivity index (χ0v) is 11.6. The van der Waals surface area contributed by atoms with Crippen LogP contribution in [0.3, 0.4) is 0 Å². The fourth-order valence-corrected chi connectivity index (χ4v) is 0.792. The maximum atomic E-state index is 8.14. The predicted molar refractivity (Wildman–Crippen MR) is 69.3 cm³/mol. The second-order valence-electron chi connectivity index (χ2n) is 4.45. The van der Waals surface area contributed by atoms with E-state index in [4.69, 9.17) is 21.4 Å². The van der Waals surface area contributed by atoms with Gasteiger partial charge in [0, 0.05) is 18.9 Å². The van der Waals surface area contributed by atoms with Crippen molar-refractivity contribution in [3.05, 3.63) is 17.5 Å². The molecule has 98 valence electrons. The van der Waals surface area contributed by atoms with Gasteiger partial charge in [-0.3, -0.25) is 0 Å². The minimum Gasteiger partial charge on any atom is -0.477 e. The lowest BCUT2D eigenvalue weighted by molar-refractivity contribution is 0.248. The summed E-state index contributed by atoms with van der Waals surface area (Å²) < 4.78 is 5.31. The van der Waals surface area contributed by atoms with E-state index in [2.05, 4.69) is 23.8 Å². The second-order valence-corrected chi connectivity index (χ2v) is 4.78. The molecule has 0 saturated heterocycles. The van der Waals surface area contributed by atoms with Crippen LogP contribution in [0.25, 0.3) is 0 Å². The summed E-state index contributed by atoms with van der Waals surface area (Å²) in [5.74, 6) is 1.46. The summed E-state index contributed by atoms with van der Waals surface area (Å²) in [6.45, 7) is 9.04. The molecule has 0 aliphatic carbocycles. The molecule has 0 amide bonds. The minimum absolute atomic E-state index is 0.219. The number of nitrogens with zero attached hydrogens (tertiary/aromatic N) is 2. The molecule has 0 fully saturated rings. The average Bonchev–Trinajstić information content (AvgIpc) is 2.27. The Bertz CT molecular complexity index is 306. The molecule has 0 aliphatic rings. The van der Waals surface area contributed by atoms with Crippen LogP contribution < -0.4 is 4.74 Å². The molecular formula is C12H21ClN2O2. The summed E-state index contributed by atoms with van der Waals surface area (Å²) in [6, 6.07) is 1.69. The van der Waals surface area contributed by atoms with Gasteiger partial charge in [-0.15, -0.1) is 0 Å². The molecule has 0 radical (unpaired) electrons. The van der Waals surface area contributed by atoms with Crippen LogP contribution in [0.4, 0.5) is 0 Å². The van der Waals surface area contributed by atoms with Crippen LogP contribution in [0.15, 0.2) is 12.3 Å². The van der Waals surface area contributed by atoms with Crippen LogP contribution in [-0.2, 0) is 0 Å². The lowest BCUT2D eigenvalue weighted by Crippen LogP contribution is -2.05. The first-order chi connectivity index (χ1) is 7.95. The third-order valence-electron chi connectivity index (χ3n) is 1.53. The highest BCUT2D eigenvalue weighted by Gasteiger charge is 1.98. The minimum atomic E-state index is 0.219. The van der Waals surface area contributed by atoms with Crippen molar-refractivity contribution < 1.29 is 9.84 Å². The van der Waals surface area contributed by atoms with Gasteiger partial charge in [-0.25, -0.2) is 4.98 Å². The standard InChI is InChI=1S/C8H11ClN2O.C4H10O/c1-6(2)5-12-7-3-4-10-8(9)11-7;1-4(2)3-5/h3-4,6H,5H2,1-2H3;4-5H,3H2,1-2H3. The number of halogens is 1. The largest absolute Gasteiger partial charge is 0.477 e. The Morgan fingerprint density at radius 1 is 1.29 bits per heavy atom. The fraction of sp³-hybridized carbons (Fsp3) is 0.667. The zero-order valence-electron chi connectivity index (χ0n) is 10.9. The Hall–Kier alpha value is -0.870. The third-order valence-corrected chi connectivity index (χ3v) is 1.71. The van der Waals surface area contributed by atoms with Crippen molar-refractivity contribution in [2.24, 2.45) is 11.8 Å². The highest BCUT2D eigenvalue weighted by molar-refractivity contribution is 6.28. The lowest BCUT2D eigenvalue weighted by Gasteiger charge is -2.06. The van der Waals surface area contributed by atoms with Crippen LogP contribution in [0.2, 0.25) is 5.28 Å². The fourth-order valence-electron chi connectivity index (χ4n) is 0.652. The number of ether oxygens (including phenoxy) is 1. The summed E-state index contributed by atoms with van der Waals surface area (Å²) in [5.41, 5.74) is 0. The molecule has 0 saturated carbocycles. The molecule has 0 bridgehead atoms. The quantitative estimate of drug-likeness (QED) is 0.846. The predicted octanol–water partition coefficient (Wildman–Crippen LogP) is 2.80. The molecule has 4 nitrogen and oxygen atoms in total. The van der Waals surface area contributed by atoms with Crippen molar-refractivity contribution in [2.75, 3.05) is 13.2 Å². The number of aromatic nitrogens is 2. The van der Waals surface area contributed by atoms with Gasteiger partial charge >= 0.3 is 0 Å². The van der Waals surface area contributed by atoms with Crippen molar-refractivity contribution in [3.8, 4) is 5.88 Å². The number of hydrogen-bond acceptors (Lipinski definition) is 4. The van der Waals surface area contributed by atoms with Crippen LogP contribution >= 0.6 is 11.6 Å². The van der Waals surface area contributed by atoms with Gasteiger partial charge in [0.15, 0.2) is 0 Å². The van der Waals surface area contributed by atoms with Crippen molar-refractivity contribution in [1.82, 2.24) is 9.97 Å². The van der Waals surface area contributed by atoms with Gasteiger partial charge in [0.2, 0.25) is 11.2 Å². The summed E-state index contributed by atoms with van der Waals surface area (Å²) in [7, 11) is 0. The molecule has 0 atom stereocenters. The van der Waals surface area contributed by atoms with Crippen molar-refractivity contribution in [1.29, 1.82) is 0 Å². The first-order valence-corrected chi connectivity index (χ1v) is 6.05. The van der Waals surface area contributed by atoms with E-state index in [1.165, 1.54) is 0 Å². The molecule has 0 unspecified atom stereocenters. The van der Waals surface area contributed by atoms with Gasteiger partial charge in [0.25, 0.3) is 0 Å². The highest BCUT2D eigenvalue weighted by atomic mass is 35.5. The first kappa shape index (κ1) is 16.1. The smallest absolute Gasteiger partial charge is 0.225 e. The van der Waals surface area contributed by atoms with Crippen LogP contribution in [0, 0.1) is 11.8 Å². The average molecular weight is 261 g/mol. The van der Waals surface area contributed by atoms with Gasteiger partial charge in [-0.05, 0) is 23.4 Å². The zero-order chi connectivity index (χ0) is 13.3. The van der Waals surface area contributed by atoms with Gasteiger partial charge in [-0.1, -0.05) is 27.7 Å². The second kappa shape index (κ2) is 9.19. The van der Waals surface area contributed by atoms with E-state index >= 15 is 0 Å². The lowest BCUT2D eigenvalue weighted by atomic mass is 10.2. The molecule has 1 heterocycles. The van der Waals surface area contributed by atoms with Gasteiger partial charge in [0.05, 0.1) is 6.61 Å². The Balaban J connectivity index is 0.000000437. The van der Waals surface area contributed by atoms with Gasteiger partial charge < -0.3 is 9.84 Å². The summed E-state index contributed by atoms with van der Waals surface area (Å²) in [4.78, 5) is 7.62. The number of hydrogen-bond donors (Lipinski definition) is 1. The summed E-state index contributed by atoms with van der Waals surface area (Å²) in [5, 5.41) is 8.36. The van der Waals surface area contributed by atoms with Crippen molar-refractivity contribution in [2.45, 2.75) is 27.7 Å². The maximum absolute atomic E-state index is 8.14. The van der Waals surface area contributed by atoms with Crippen molar-refractivity contribution in [3.63, 3.8) is 0 Å². The van der Waals surface area contributed by atoms with Crippen LogP contribution in [0.1, 0.15) is 27.7 Å². The molecule has 5 heteroatoms. The summed E-state index contributed by atoms with van der Waals surface area (Å²) in [6.07, 6.45) is 1.57. The number of rotatable bonds is 4. The molecule has 1 aromatic rings. The molecule has 17 heavy (non-hydrogen) atoms. The van der Waals surface area contributed by atoms with Gasteiger partial charge in [-0.2, -0.15) is 4.98 Å². The van der Waals surface area contributed by atoms with E-state index in [1.807, 2.05) is 13.8 Å². The monoisotopic (exact) mass is 260 g/mol. The molecule has 1 aromatic heterocycles. The SMILES string of the molecule is CC(C)CO.CC(C)COc1ccnc(Cl)n1. The van der Waals surface area contributed by atoms with Crippen LogP contribution in [0.5, 0.6) is 5.88 Å². The van der Waals surface area contributed by atoms with E-state index < -0.39 is 0 Å². The normalized spacial score (nSPS) is 10.1. The third kappa shape index (κ3) is 10.0. The maximum Gasteiger partial charge on any atom is 0.225 e.